The molecule has 2 N–H and O–H groups in total. The van der Waals surface area contributed by atoms with Gasteiger partial charge in [0.1, 0.15) is 0 Å². The standard InChI is InChI=1S/C16H18N2O5S/c1-24(21,22)13-8-6-12(7-9-13)18-15(19)5-2-10-17-16(20)14-4-3-11-23-14/h3-4,6-9,11H,2,5,10H2,1H3,(H,17,20)(H,18,19). The lowest BCUT2D eigenvalue weighted by Crippen LogP contribution is -2.25. The molecule has 128 valence electrons. The second kappa shape index (κ2) is 7.78. The number of carbonyl (C=O) groups excluding carboxylic acids is 2. The van der Waals surface area contributed by atoms with E-state index in [0.717, 1.165) is 6.26 Å². The maximum atomic E-state index is 11.8. The third-order valence-electron chi connectivity index (χ3n) is 3.18. The Morgan fingerprint density at radius 1 is 1.12 bits per heavy atom. The van der Waals surface area contributed by atoms with Crippen molar-refractivity contribution < 1.29 is 22.4 Å². The van der Waals surface area contributed by atoms with Crippen molar-refractivity contribution in [2.45, 2.75) is 17.7 Å². The molecule has 7 nitrogen and oxygen atoms in total. The summed E-state index contributed by atoms with van der Waals surface area (Å²) in [4.78, 5) is 23.6. The van der Waals surface area contributed by atoms with Crippen LogP contribution >= 0.6 is 0 Å². The number of anilines is 1. The zero-order valence-corrected chi connectivity index (χ0v) is 13.9. The maximum Gasteiger partial charge on any atom is 0.286 e. The summed E-state index contributed by atoms with van der Waals surface area (Å²) < 4.78 is 27.7. The van der Waals surface area contributed by atoms with Crippen molar-refractivity contribution >= 4 is 27.3 Å². The smallest absolute Gasteiger partial charge is 0.286 e. The van der Waals surface area contributed by atoms with Gasteiger partial charge in [-0.2, -0.15) is 0 Å². The van der Waals surface area contributed by atoms with E-state index >= 15 is 0 Å². The topological polar surface area (TPSA) is 105 Å². The Labute approximate surface area is 140 Å². The van der Waals surface area contributed by atoms with Crippen LogP contribution < -0.4 is 10.6 Å². The predicted molar refractivity (Wildman–Crippen MR) is 88.5 cm³/mol. The summed E-state index contributed by atoms with van der Waals surface area (Å²) in [6.07, 6.45) is 3.24. The third-order valence-corrected chi connectivity index (χ3v) is 4.31. The summed E-state index contributed by atoms with van der Waals surface area (Å²) in [5.41, 5.74) is 0.520. The van der Waals surface area contributed by atoms with Gasteiger partial charge in [-0.25, -0.2) is 8.42 Å². The molecule has 0 saturated carbocycles. The van der Waals surface area contributed by atoms with Gasteiger partial charge in [0, 0.05) is 24.9 Å². The van der Waals surface area contributed by atoms with Gasteiger partial charge in [0.05, 0.1) is 11.2 Å². The lowest BCUT2D eigenvalue weighted by Gasteiger charge is -2.06. The zero-order valence-electron chi connectivity index (χ0n) is 13.1. The van der Waals surface area contributed by atoms with Crippen molar-refractivity contribution in [2.24, 2.45) is 0 Å². The van der Waals surface area contributed by atoms with Gasteiger partial charge in [0.2, 0.25) is 5.91 Å². The molecule has 0 atom stereocenters. The number of sulfone groups is 1. The molecule has 0 fully saturated rings. The first kappa shape index (κ1) is 17.7. The van der Waals surface area contributed by atoms with Crippen LogP contribution in [0.5, 0.6) is 0 Å². The number of furan rings is 1. The highest BCUT2D eigenvalue weighted by Crippen LogP contribution is 2.14. The molecule has 1 aromatic carbocycles. The predicted octanol–water partition coefficient (Wildman–Crippen LogP) is 1.83. The van der Waals surface area contributed by atoms with Crippen LogP contribution in [0, 0.1) is 0 Å². The van der Waals surface area contributed by atoms with Crippen LogP contribution in [0.25, 0.3) is 0 Å². The van der Waals surface area contributed by atoms with Crippen molar-refractivity contribution in [3.63, 3.8) is 0 Å². The van der Waals surface area contributed by atoms with Gasteiger partial charge < -0.3 is 15.1 Å². The van der Waals surface area contributed by atoms with Crippen LogP contribution in [0.2, 0.25) is 0 Å². The van der Waals surface area contributed by atoms with Crippen molar-refractivity contribution in [1.29, 1.82) is 0 Å². The maximum absolute atomic E-state index is 11.8. The Morgan fingerprint density at radius 2 is 1.83 bits per heavy atom. The molecule has 0 radical (unpaired) electrons. The zero-order chi connectivity index (χ0) is 17.6. The average molecular weight is 350 g/mol. The largest absolute Gasteiger partial charge is 0.459 e. The summed E-state index contributed by atoms with van der Waals surface area (Å²) >= 11 is 0. The minimum Gasteiger partial charge on any atom is -0.459 e. The molecule has 0 unspecified atom stereocenters. The molecule has 0 aliphatic rings. The van der Waals surface area contributed by atoms with E-state index in [-0.39, 0.29) is 28.9 Å². The third kappa shape index (κ3) is 5.24. The molecule has 2 aromatic rings. The van der Waals surface area contributed by atoms with Crippen LogP contribution in [-0.4, -0.2) is 33.0 Å². The summed E-state index contributed by atoms with van der Waals surface area (Å²) in [7, 11) is -3.25. The van der Waals surface area contributed by atoms with E-state index in [1.807, 2.05) is 0 Å². The Bertz CT molecular complexity index is 796. The van der Waals surface area contributed by atoms with Gasteiger partial charge in [-0.05, 0) is 42.8 Å². The van der Waals surface area contributed by atoms with Gasteiger partial charge in [-0.3, -0.25) is 9.59 Å². The van der Waals surface area contributed by atoms with Crippen molar-refractivity contribution in [2.75, 3.05) is 18.1 Å². The highest BCUT2D eigenvalue weighted by atomic mass is 32.2. The molecule has 0 bridgehead atoms. The fraction of sp³-hybridized carbons (Fsp3) is 0.250. The van der Waals surface area contributed by atoms with Crippen LogP contribution in [0.4, 0.5) is 5.69 Å². The molecular formula is C16H18N2O5S. The van der Waals surface area contributed by atoms with Crippen molar-refractivity contribution in [3.05, 3.63) is 48.4 Å². The average Bonchev–Trinajstić information content (AvgIpc) is 3.05. The van der Waals surface area contributed by atoms with Crippen LogP contribution in [0.15, 0.2) is 52.0 Å². The van der Waals surface area contributed by atoms with E-state index in [4.69, 9.17) is 4.42 Å². The second-order valence-electron chi connectivity index (χ2n) is 5.18. The molecule has 1 heterocycles. The Morgan fingerprint density at radius 3 is 2.42 bits per heavy atom. The normalized spacial score (nSPS) is 11.0. The first-order chi connectivity index (χ1) is 11.4. The number of amides is 2. The summed E-state index contributed by atoms with van der Waals surface area (Å²) in [5, 5.41) is 5.32. The van der Waals surface area contributed by atoms with Crippen LogP contribution in [-0.2, 0) is 14.6 Å². The minimum absolute atomic E-state index is 0.195. The van der Waals surface area contributed by atoms with E-state index in [1.54, 1.807) is 12.1 Å². The first-order valence-corrected chi connectivity index (χ1v) is 9.17. The van der Waals surface area contributed by atoms with E-state index in [2.05, 4.69) is 10.6 Å². The molecule has 8 heteroatoms. The number of nitrogens with one attached hydrogen (secondary N) is 2. The molecular weight excluding hydrogens is 332 g/mol. The fourth-order valence-corrected chi connectivity index (χ4v) is 2.59. The second-order valence-corrected chi connectivity index (χ2v) is 7.20. The Hall–Kier alpha value is -2.61. The lowest BCUT2D eigenvalue weighted by molar-refractivity contribution is -0.116. The SMILES string of the molecule is CS(=O)(=O)c1ccc(NC(=O)CCCNC(=O)c2ccco2)cc1. The summed E-state index contributed by atoms with van der Waals surface area (Å²) in [6.45, 7) is 0.347. The summed E-state index contributed by atoms with van der Waals surface area (Å²) in [6, 6.07) is 9.13. The van der Waals surface area contributed by atoms with Crippen LogP contribution in [0.1, 0.15) is 23.4 Å². The molecule has 2 rings (SSSR count). The van der Waals surface area contributed by atoms with Crippen LogP contribution in [0.3, 0.4) is 0 Å². The van der Waals surface area contributed by atoms with Gasteiger partial charge >= 0.3 is 0 Å². The molecule has 0 aliphatic heterocycles. The minimum atomic E-state index is -3.25. The highest BCUT2D eigenvalue weighted by Gasteiger charge is 2.09. The van der Waals surface area contributed by atoms with Gasteiger partial charge in [-0.15, -0.1) is 0 Å². The molecule has 24 heavy (non-hydrogen) atoms. The van der Waals surface area contributed by atoms with Crippen molar-refractivity contribution in [1.82, 2.24) is 5.32 Å². The quantitative estimate of drug-likeness (QED) is 0.741. The number of carbonyl (C=O) groups is 2. The molecule has 0 aliphatic carbocycles. The van der Waals surface area contributed by atoms with Gasteiger partial charge in [-0.1, -0.05) is 0 Å². The Kier molecular flexibility index (Phi) is 5.75. The number of benzene rings is 1. The number of hydrogen-bond donors (Lipinski definition) is 2. The molecule has 1 aromatic heterocycles. The van der Waals surface area contributed by atoms with E-state index < -0.39 is 9.84 Å². The fourth-order valence-electron chi connectivity index (χ4n) is 1.95. The lowest BCUT2D eigenvalue weighted by atomic mass is 10.2. The summed E-state index contributed by atoms with van der Waals surface area (Å²) in [5.74, 6) is -0.309. The van der Waals surface area contributed by atoms with E-state index in [1.165, 1.54) is 30.5 Å². The molecule has 2 amide bonds. The van der Waals surface area contributed by atoms with E-state index in [0.29, 0.717) is 18.7 Å². The Balaban J connectivity index is 1.72. The monoisotopic (exact) mass is 350 g/mol. The van der Waals surface area contributed by atoms with E-state index in [9.17, 15) is 18.0 Å². The number of hydrogen-bond acceptors (Lipinski definition) is 5. The first-order valence-electron chi connectivity index (χ1n) is 7.28. The number of rotatable bonds is 7. The molecule has 0 spiro atoms. The van der Waals surface area contributed by atoms with Gasteiger partial charge in [0.15, 0.2) is 15.6 Å². The molecule has 0 saturated heterocycles. The highest BCUT2D eigenvalue weighted by molar-refractivity contribution is 7.90. The van der Waals surface area contributed by atoms with Gasteiger partial charge in [0.25, 0.3) is 5.91 Å². The van der Waals surface area contributed by atoms with Crippen molar-refractivity contribution in [3.8, 4) is 0 Å².